The Morgan fingerprint density at radius 1 is 1.10 bits per heavy atom. The first-order valence-electron chi connectivity index (χ1n) is 5.55. The van der Waals surface area contributed by atoms with Gasteiger partial charge in [-0.05, 0) is 36.4 Å². The molecule has 0 atom stereocenters. The first kappa shape index (κ1) is 14.5. The van der Waals surface area contributed by atoms with Crippen LogP contribution in [0.3, 0.4) is 0 Å². The van der Waals surface area contributed by atoms with Gasteiger partial charge in [-0.2, -0.15) is 0 Å². The third-order valence-electron chi connectivity index (χ3n) is 2.48. The zero-order valence-electron chi connectivity index (χ0n) is 10.4. The number of carbonyl (C=O) groups is 1. The lowest BCUT2D eigenvalue weighted by atomic mass is 10.2. The second-order valence-corrected chi connectivity index (χ2v) is 4.67. The molecule has 2 rings (SSSR count). The first-order chi connectivity index (χ1) is 9.51. The number of ether oxygens (including phenoxy) is 2. The molecule has 6 heteroatoms. The minimum absolute atomic E-state index is 0.121. The van der Waals surface area contributed by atoms with Gasteiger partial charge in [0.05, 0.1) is 22.7 Å². The quantitative estimate of drug-likeness (QED) is 0.859. The monoisotopic (exact) mass is 312 g/mol. The van der Waals surface area contributed by atoms with Crippen molar-refractivity contribution in [3.8, 4) is 17.2 Å². The lowest BCUT2D eigenvalue weighted by Crippen LogP contribution is -2.01. The van der Waals surface area contributed by atoms with E-state index in [2.05, 4.69) is 4.74 Å². The molecule has 0 fully saturated rings. The normalized spacial score (nSPS) is 10.2. The number of phenols is 1. The van der Waals surface area contributed by atoms with Crippen LogP contribution in [0, 0.1) is 0 Å². The minimum atomic E-state index is -0.537. The minimum Gasteiger partial charge on any atom is -0.508 e. The molecule has 0 bridgehead atoms. The van der Waals surface area contributed by atoms with Crippen LogP contribution >= 0.6 is 23.2 Å². The number of methoxy groups -OCH3 is 1. The average Bonchev–Trinajstić information content (AvgIpc) is 2.43. The third kappa shape index (κ3) is 3.15. The molecule has 0 aliphatic carbocycles. The van der Waals surface area contributed by atoms with Gasteiger partial charge >= 0.3 is 5.97 Å². The molecule has 104 valence electrons. The van der Waals surface area contributed by atoms with Crippen LogP contribution in [0.5, 0.6) is 17.2 Å². The number of rotatable bonds is 3. The second kappa shape index (κ2) is 6.03. The number of aromatic hydroxyl groups is 1. The van der Waals surface area contributed by atoms with E-state index in [-0.39, 0.29) is 27.1 Å². The summed E-state index contributed by atoms with van der Waals surface area (Å²) in [6.45, 7) is 0. The molecule has 0 saturated carbocycles. The van der Waals surface area contributed by atoms with Gasteiger partial charge in [-0.3, -0.25) is 0 Å². The van der Waals surface area contributed by atoms with Crippen LogP contribution in [0.2, 0.25) is 10.0 Å². The molecule has 0 aliphatic heterocycles. The summed E-state index contributed by atoms with van der Waals surface area (Å²) in [6.07, 6.45) is 0. The smallest absolute Gasteiger partial charge is 0.337 e. The molecule has 0 amide bonds. The van der Waals surface area contributed by atoms with Crippen LogP contribution in [0.4, 0.5) is 0 Å². The predicted octanol–water partition coefficient (Wildman–Crippen LogP) is 4.28. The molecule has 0 aliphatic rings. The fraction of sp³-hybridized carbons (Fsp3) is 0.0714. The van der Waals surface area contributed by atoms with Gasteiger partial charge in [0.25, 0.3) is 0 Å². The summed E-state index contributed by atoms with van der Waals surface area (Å²) in [6, 6.07) is 8.90. The summed E-state index contributed by atoms with van der Waals surface area (Å²) in [4.78, 5) is 11.4. The Balaban J connectivity index is 2.33. The molecule has 0 unspecified atom stereocenters. The summed E-state index contributed by atoms with van der Waals surface area (Å²) in [5.74, 6) is 0.268. The predicted molar refractivity (Wildman–Crippen MR) is 76.0 cm³/mol. The van der Waals surface area contributed by atoms with Gasteiger partial charge in [-0.15, -0.1) is 0 Å². The highest BCUT2D eigenvalue weighted by Gasteiger charge is 2.15. The van der Waals surface area contributed by atoms with Gasteiger partial charge in [-0.25, -0.2) is 4.79 Å². The Hall–Kier alpha value is -1.91. The largest absolute Gasteiger partial charge is 0.508 e. The van der Waals surface area contributed by atoms with Crippen molar-refractivity contribution in [1.29, 1.82) is 0 Å². The summed E-state index contributed by atoms with van der Waals surface area (Å²) < 4.78 is 10.1. The second-order valence-electron chi connectivity index (χ2n) is 3.86. The van der Waals surface area contributed by atoms with E-state index in [1.54, 1.807) is 12.1 Å². The summed E-state index contributed by atoms with van der Waals surface area (Å²) >= 11 is 12.1. The van der Waals surface area contributed by atoms with Crippen LogP contribution in [-0.2, 0) is 4.74 Å². The molecule has 0 saturated heterocycles. The fourth-order valence-corrected chi connectivity index (χ4v) is 2.09. The molecule has 0 heterocycles. The van der Waals surface area contributed by atoms with E-state index < -0.39 is 5.97 Å². The van der Waals surface area contributed by atoms with E-state index in [9.17, 15) is 9.90 Å². The van der Waals surface area contributed by atoms with E-state index in [0.29, 0.717) is 5.75 Å². The average molecular weight is 313 g/mol. The molecule has 0 radical (unpaired) electrons. The van der Waals surface area contributed by atoms with Gasteiger partial charge < -0.3 is 14.6 Å². The van der Waals surface area contributed by atoms with Crippen molar-refractivity contribution < 1.29 is 19.4 Å². The Labute approximate surface area is 125 Å². The van der Waals surface area contributed by atoms with Crippen molar-refractivity contribution in [2.45, 2.75) is 0 Å². The number of esters is 1. The van der Waals surface area contributed by atoms with Crippen LogP contribution in [0.25, 0.3) is 0 Å². The molecule has 2 aromatic carbocycles. The van der Waals surface area contributed by atoms with Gasteiger partial charge in [0.2, 0.25) is 0 Å². The maximum atomic E-state index is 11.4. The molecule has 1 N–H and O–H groups in total. The van der Waals surface area contributed by atoms with E-state index in [0.717, 1.165) is 0 Å². The molecule has 4 nitrogen and oxygen atoms in total. The number of halogens is 2. The van der Waals surface area contributed by atoms with Crippen molar-refractivity contribution in [1.82, 2.24) is 0 Å². The first-order valence-corrected chi connectivity index (χ1v) is 6.31. The molecule has 20 heavy (non-hydrogen) atoms. The van der Waals surface area contributed by atoms with E-state index in [1.165, 1.54) is 31.4 Å². The molecule has 0 aromatic heterocycles. The maximum absolute atomic E-state index is 11.4. The highest BCUT2D eigenvalue weighted by Crippen LogP contribution is 2.37. The maximum Gasteiger partial charge on any atom is 0.337 e. The summed E-state index contributed by atoms with van der Waals surface area (Å²) in [7, 11) is 1.27. The molecular formula is C14H10Cl2O4. The molecule has 0 spiro atoms. The lowest BCUT2D eigenvalue weighted by molar-refractivity contribution is 0.0600. The van der Waals surface area contributed by atoms with Gasteiger partial charge in [0.15, 0.2) is 5.75 Å². The van der Waals surface area contributed by atoms with Crippen LogP contribution < -0.4 is 4.74 Å². The van der Waals surface area contributed by atoms with Crippen molar-refractivity contribution in [3.05, 3.63) is 52.0 Å². The zero-order valence-corrected chi connectivity index (χ0v) is 11.9. The standard InChI is InChI=1S/C14H10Cl2O4/c1-19-14(18)8-6-11(15)13(12(16)7-8)20-10-4-2-9(17)3-5-10/h2-7,17H,1H3. The van der Waals surface area contributed by atoms with Gasteiger partial charge in [-0.1, -0.05) is 23.2 Å². The number of hydrogen-bond donors (Lipinski definition) is 1. The van der Waals surface area contributed by atoms with E-state index in [1.807, 2.05) is 0 Å². The Bertz CT molecular complexity index is 615. The zero-order chi connectivity index (χ0) is 14.7. The highest BCUT2D eigenvalue weighted by molar-refractivity contribution is 6.37. The number of phenolic OH excluding ortho intramolecular Hbond substituents is 1. The fourth-order valence-electron chi connectivity index (χ4n) is 1.53. The van der Waals surface area contributed by atoms with Gasteiger partial charge in [0, 0.05) is 0 Å². The van der Waals surface area contributed by atoms with Crippen molar-refractivity contribution >= 4 is 29.2 Å². The van der Waals surface area contributed by atoms with Crippen molar-refractivity contribution in [3.63, 3.8) is 0 Å². The van der Waals surface area contributed by atoms with E-state index >= 15 is 0 Å². The highest BCUT2D eigenvalue weighted by atomic mass is 35.5. The number of hydrogen-bond acceptors (Lipinski definition) is 4. The van der Waals surface area contributed by atoms with E-state index in [4.69, 9.17) is 27.9 Å². The number of benzene rings is 2. The van der Waals surface area contributed by atoms with Crippen molar-refractivity contribution in [2.24, 2.45) is 0 Å². The Morgan fingerprint density at radius 3 is 2.15 bits per heavy atom. The molecular weight excluding hydrogens is 303 g/mol. The van der Waals surface area contributed by atoms with Gasteiger partial charge in [0.1, 0.15) is 11.5 Å². The SMILES string of the molecule is COC(=O)c1cc(Cl)c(Oc2ccc(O)cc2)c(Cl)c1. The van der Waals surface area contributed by atoms with Crippen LogP contribution in [-0.4, -0.2) is 18.2 Å². The summed E-state index contributed by atoms with van der Waals surface area (Å²) in [5, 5.41) is 9.57. The Kier molecular flexibility index (Phi) is 4.37. The Morgan fingerprint density at radius 2 is 1.65 bits per heavy atom. The number of carbonyl (C=O) groups excluding carboxylic acids is 1. The summed E-state index contributed by atoms with van der Waals surface area (Å²) in [5.41, 5.74) is 0.237. The van der Waals surface area contributed by atoms with Crippen LogP contribution in [0.1, 0.15) is 10.4 Å². The van der Waals surface area contributed by atoms with Crippen molar-refractivity contribution in [2.75, 3.05) is 7.11 Å². The lowest BCUT2D eigenvalue weighted by Gasteiger charge is -2.11. The topological polar surface area (TPSA) is 55.8 Å². The third-order valence-corrected chi connectivity index (χ3v) is 3.04. The van der Waals surface area contributed by atoms with Crippen LogP contribution in [0.15, 0.2) is 36.4 Å². The molecule has 2 aromatic rings.